The molecule has 0 radical (unpaired) electrons. The molecule has 5 nitrogen and oxygen atoms in total. The molecule has 0 saturated heterocycles. The number of carbonyl (C=O) groups excluding carboxylic acids is 3. The van der Waals surface area contributed by atoms with E-state index in [1.165, 1.54) is 23.5 Å². The largest absolute Gasteiger partial charge is 0.457 e. The van der Waals surface area contributed by atoms with Crippen molar-refractivity contribution in [3.8, 4) is 0 Å². The van der Waals surface area contributed by atoms with E-state index in [0.29, 0.717) is 6.42 Å². The van der Waals surface area contributed by atoms with Crippen LogP contribution in [0.15, 0.2) is 69.9 Å². The van der Waals surface area contributed by atoms with Gasteiger partial charge in [-0.05, 0) is 73.6 Å². The number of ketones is 1. The Balaban J connectivity index is 1.60. The predicted octanol–water partition coefficient (Wildman–Crippen LogP) is 5.33. The molecule has 1 aromatic rings. The summed E-state index contributed by atoms with van der Waals surface area (Å²) in [6.07, 6.45) is 13.1. The van der Waals surface area contributed by atoms with Crippen LogP contribution in [0.4, 0.5) is 0 Å². The molecule has 0 aromatic carbocycles. The van der Waals surface area contributed by atoms with Crippen LogP contribution in [0, 0.1) is 22.7 Å². The number of hydrogen-bond donors (Lipinski definition) is 0. The van der Waals surface area contributed by atoms with Crippen LogP contribution in [0.25, 0.3) is 0 Å². The van der Waals surface area contributed by atoms with Crippen LogP contribution in [0.5, 0.6) is 0 Å². The number of hydrogen-bond acceptors (Lipinski definition) is 5. The summed E-state index contributed by atoms with van der Waals surface area (Å²) in [5, 5.41) is -0.672. The zero-order valence-corrected chi connectivity index (χ0v) is 19.1. The van der Waals surface area contributed by atoms with Gasteiger partial charge in [0, 0.05) is 16.7 Å². The van der Waals surface area contributed by atoms with Gasteiger partial charge in [0.15, 0.2) is 11.4 Å². The highest BCUT2D eigenvalue weighted by atomic mass is 35.5. The van der Waals surface area contributed by atoms with Crippen LogP contribution in [0.2, 0.25) is 0 Å². The lowest BCUT2D eigenvalue weighted by atomic mass is 9.57. The molecule has 32 heavy (non-hydrogen) atoms. The molecule has 1 aromatic heterocycles. The second-order valence-electron chi connectivity index (χ2n) is 9.73. The van der Waals surface area contributed by atoms with Crippen molar-refractivity contribution in [2.45, 2.75) is 45.6 Å². The summed E-state index contributed by atoms with van der Waals surface area (Å²) in [5.74, 6) is -0.920. The van der Waals surface area contributed by atoms with Gasteiger partial charge in [0.1, 0.15) is 0 Å². The van der Waals surface area contributed by atoms with Gasteiger partial charge in [-0.1, -0.05) is 43.2 Å². The maximum absolute atomic E-state index is 13.0. The van der Waals surface area contributed by atoms with Crippen molar-refractivity contribution >= 4 is 28.6 Å². The van der Waals surface area contributed by atoms with Crippen molar-refractivity contribution in [1.29, 1.82) is 0 Å². The fourth-order valence-corrected chi connectivity index (χ4v) is 6.93. The van der Waals surface area contributed by atoms with E-state index < -0.39 is 22.2 Å². The normalized spacial score (nSPS) is 37.5. The molecular formula is C26H25ClO5. The fourth-order valence-electron chi connectivity index (χ4n) is 6.50. The summed E-state index contributed by atoms with van der Waals surface area (Å²) >= 11 is 6.23. The van der Waals surface area contributed by atoms with Gasteiger partial charge in [0.2, 0.25) is 5.76 Å². The second-order valence-corrected chi connectivity index (χ2v) is 10.1. The van der Waals surface area contributed by atoms with Crippen molar-refractivity contribution in [3.63, 3.8) is 0 Å². The Labute approximate surface area is 191 Å². The molecule has 5 rings (SSSR count). The molecule has 1 heterocycles. The summed E-state index contributed by atoms with van der Waals surface area (Å²) in [6, 6.07) is 3.11. The maximum Gasteiger partial charge on any atom is 0.375 e. The average Bonchev–Trinajstić information content (AvgIpc) is 3.35. The maximum atomic E-state index is 13.0. The topological polar surface area (TPSA) is 73.6 Å². The monoisotopic (exact) mass is 452 g/mol. The minimum absolute atomic E-state index is 0.00555. The summed E-state index contributed by atoms with van der Waals surface area (Å²) in [7, 11) is 0. The molecule has 1 fully saturated rings. The lowest BCUT2D eigenvalue weighted by Gasteiger charge is -2.49. The van der Waals surface area contributed by atoms with E-state index in [0.717, 1.165) is 18.4 Å². The van der Waals surface area contributed by atoms with Crippen LogP contribution >= 0.6 is 11.6 Å². The number of allylic oxidation sites excluding steroid dienone is 7. The van der Waals surface area contributed by atoms with Crippen LogP contribution in [-0.2, 0) is 14.3 Å². The van der Waals surface area contributed by atoms with Gasteiger partial charge < -0.3 is 9.15 Å². The first-order valence-corrected chi connectivity index (χ1v) is 11.3. The Kier molecular flexibility index (Phi) is 4.58. The summed E-state index contributed by atoms with van der Waals surface area (Å²) < 4.78 is 11.2. The Bertz CT molecular complexity index is 1150. The smallest absolute Gasteiger partial charge is 0.375 e. The highest BCUT2D eigenvalue weighted by molar-refractivity contribution is 6.65. The van der Waals surface area contributed by atoms with Gasteiger partial charge in [0.05, 0.1) is 6.26 Å². The second kappa shape index (κ2) is 6.92. The molecule has 1 saturated carbocycles. The van der Waals surface area contributed by atoms with E-state index in [9.17, 15) is 14.4 Å². The number of furan rings is 1. The van der Waals surface area contributed by atoms with Crippen LogP contribution in [0.1, 0.15) is 50.6 Å². The SMILES string of the molecule is C[C@@H]1C[C@H]2C3=C(C=C[C@]2(C)[C@@]1(OC(=O)c1ccco1)C(=O)Cl)[C@@]1(C)C=CC(=O)C=C1CC3. The molecule has 0 unspecified atom stereocenters. The molecule has 6 heteroatoms. The predicted molar refractivity (Wildman–Crippen MR) is 119 cm³/mol. The van der Waals surface area contributed by atoms with E-state index in [1.807, 2.05) is 32.1 Å². The Morgan fingerprint density at radius 1 is 1.19 bits per heavy atom. The Morgan fingerprint density at radius 2 is 1.97 bits per heavy atom. The molecule has 0 aliphatic heterocycles. The quantitative estimate of drug-likeness (QED) is 0.457. The average molecular weight is 453 g/mol. The van der Waals surface area contributed by atoms with E-state index in [-0.39, 0.29) is 28.8 Å². The summed E-state index contributed by atoms with van der Waals surface area (Å²) in [6.45, 7) is 6.02. The third-order valence-electron chi connectivity index (χ3n) is 8.23. The van der Waals surface area contributed by atoms with E-state index >= 15 is 0 Å². The van der Waals surface area contributed by atoms with Crippen molar-refractivity contribution in [2.75, 3.05) is 0 Å². The zero-order valence-electron chi connectivity index (χ0n) is 18.3. The molecule has 0 spiro atoms. The first kappa shape index (κ1) is 21.2. The number of halogens is 1. The van der Waals surface area contributed by atoms with Crippen LogP contribution in [0.3, 0.4) is 0 Å². The van der Waals surface area contributed by atoms with Gasteiger partial charge in [-0.3, -0.25) is 9.59 Å². The first-order chi connectivity index (χ1) is 15.1. The molecule has 0 amide bonds. The number of fused-ring (bicyclic) bond motifs is 4. The lowest BCUT2D eigenvalue weighted by Crippen LogP contribution is -2.56. The molecule has 166 valence electrons. The van der Waals surface area contributed by atoms with Gasteiger partial charge in [-0.15, -0.1) is 0 Å². The molecule has 4 aliphatic carbocycles. The molecule has 0 bridgehead atoms. The first-order valence-electron chi connectivity index (χ1n) is 11.0. The lowest BCUT2D eigenvalue weighted by molar-refractivity contribution is -0.144. The number of esters is 1. The molecule has 5 atom stereocenters. The highest BCUT2D eigenvalue weighted by Gasteiger charge is 2.68. The number of rotatable bonds is 3. The van der Waals surface area contributed by atoms with Gasteiger partial charge >= 0.3 is 5.97 Å². The van der Waals surface area contributed by atoms with Crippen molar-refractivity contribution in [1.82, 2.24) is 0 Å². The number of ether oxygens (including phenoxy) is 1. The van der Waals surface area contributed by atoms with Crippen molar-refractivity contribution < 1.29 is 23.5 Å². The minimum atomic E-state index is -1.51. The Hall–Kier alpha value is -2.66. The summed E-state index contributed by atoms with van der Waals surface area (Å²) in [4.78, 5) is 37.8. The van der Waals surface area contributed by atoms with E-state index in [4.69, 9.17) is 20.8 Å². The van der Waals surface area contributed by atoms with Crippen LogP contribution < -0.4 is 0 Å². The van der Waals surface area contributed by atoms with Crippen molar-refractivity contribution in [2.24, 2.45) is 22.7 Å². The van der Waals surface area contributed by atoms with Crippen LogP contribution in [-0.4, -0.2) is 22.6 Å². The van der Waals surface area contributed by atoms with Gasteiger partial charge in [0.25, 0.3) is 5.24 Å². The summed E-state index contributed by atoms with van der Waals surface area (Å²) in [5.41, 5.74) is 0.903. The number of carbonyl (C=O) groups is 3. The molecular weight excluding hydrogens is 428 g/mol. The standard InChI is InChI=1S/C26H25ClO5/c1-15-13-20-18-7-6-16-14-17(28)8-10-24(16,2)19(18)9-11-25(20,3)26(15,23(27)30)32-22(29)21-5-4-12-31-21/h4-5,8-12,14-15,20H,6-7,13H2,1-3H3/t15-,20+,24+,25+,26+/m1/s1. The third-order valence-corrected chi connectivity index (χ3v) is 8.51. The highest BCUT2D eigenvalue weighted by Crippen LogP contribution is 2.65. The van der Waals surface area contributed by atoms with Gasteiger partial charge in [-0.2, -0.15) is 0 Å². The minimum Gasteiger partial charge on any atom is -0.457 e. The Morgan fingerprint density at radius 3 is 2.66 bits per heavy atom. The molecule has 0 N–H and O–H groups in total. The van der Waals surface area contributed by atoms with Gasteiger partial charge in [-0.25, -0.2) is 4.79 Å². The van der Waals surface area contributed by atoms with E-state index in [2.05, 4.69) is 6.92 Å². The van der Waals surface area contributed by atoms with E-state index in [1.54, 1.807) is 18.2 Å². The zero-order chi connectivity index (χ0) is 22.9. The fraction of sp³-hybridized carbons (Fsp3) is 0.423. The van der Waals surface area contributed by atoms with Crippen molar-refractivity contribution in [3.05, 3.63) is 71.3 Å². The third kappa shape index (κ3) is 2.60. The molecule has 4 aliphatic rings.